The van der Waals surface area contributed by atoms with Gasteiger partial charge in [0.25, 0.3) is 0 Å². The van der Waals surface area contributed by atoms with Gasteiger partial charge < -0.3 is 11.1 Å². The highest BCUT2D eigenvalue weighted by molar-refractivity contribution is 14.0. The third-order valence-electron chi connectivity index (χ3n) is 3.36. The van der Waals surface area contributed by atoms with Gasteiger partial charge in [-0.2, -0.15) is 0 Å². The van der Waals surface area contributed by atoms with Crippen LogP contribution in [0.25, 0.3) is 0 Å². The van der Waals surface area contributed by atoms with E-state index >= 15 is 0 Å². The highest BCUT2D eigenvalue weighted by atomic mass is 127. The van der Waals surface area contributed by atoms with Crippen LogP contribution >= 0.6 is 24.0 Å². The van der Waals surface area contributed by atoms with Gasteiger partial charge in [0.05, 0.1) is 6.04 Å². The van der Waals surface area contributed by atoms with Crippen molar-refractivity contribution in [2.24, 2.45) is 10.7 Å². The van der Waals surface area contributed by atoms with Crippen molar-refractivity contribution in [1.29, 1.82) is 0 Å². The van der Waals surface area contributed by atoms with Crippen molar-refractivity contribution in [2.45, 2.75) is 37.3 Å². The van der Waals surface area contributed by atoms with Crippen LogP contribution in [-0.2, 0) is 0 Å². The third kappa shape index (κ3) is 3.34. The van der Waals surface area contributed by atoms with Gasteiger partial charge in [0.2, 0.25) is 0 Å². The number of benzene rings is 1. The first-order valence-corrected chi connectivity index (χ1v) is 6.19. The van der Waals surface area contributed by atoms with Crippen LogP contribution in [0.2, 0.25) is 0 Å². The van der Waals surface area contributed by atoms with E-state index in [2.05, 4.69) is 10.3 Å². The Kier molecular flexibility index (Phi) is 4.27. The molecule has 0 heterocycles. The number of nitrogens with two attached hydrogens (primary N) is 1. The maximum Gasteiger partial charge on any atom is 0.189 e. The summed E-state index contributed by atoms with van der Waals surface area (Å²) < 4.78 is 27.1. The Morgan fingerprint density at radius 1 is 1.26 bits per heavy atom. The molecule has 2 atom stereocenters. The average Bonchev–Trinajstić information content (AvgIpc) is 3.18. The van der Waals surface area contributed by atoms with Gasteiger partial charge >= 0.3 is 0 Å². The van der Waals surface area contributed by atoms with Crippen LogP contribution in [0.1, 0.15) is 30.7 Å². The van der Waals surface area contributed by atoms with Crippen LogP contribution in [0.15, 0.2) is 23.2 Å². The summed E-state index contributed by atoms with van der Waals surface area (Å²) in [6.07, 6.45) is 2.89. The topological polar surface area (TPSA) is 50.4 Å². The van der Waals surface area contributed by atoms with Gasteiger partial charge in [-0.25, -0.2) is 13.8 Å². The average molecular weight is 379 g/mol. The summed E-state index contributed by atoms with van der Waals surface area (Å²) in [7, 11) is 0. The quantitative estimate of drug-likeness (QED) is 0.482. The molecule has 0 amide bonds. The summed E-state index contributed by atoms with van der Waals surface area (Å²) in [6, 6.07) is 4.28. The molecule has 6 heteroatoms. The maximum absolute atomic E-state index is 13.5. The second-order valence-electron chi connectivity index (χ2n) is 4.98. The molecule has 3 nitrogen and oxygen atoms in total. The Hall–Kier alpha value is -0.920. The minimum Gasteiger partial charge on any atom is -0.370 e. The molecule has 0 aromatic heterocycles. The van der Waals surface area contributed by atoms with Crippen molar-refractivity contribution >= 4 is 29.9 Å². The third-order valence-corrected chi connectivity index (χ3v) is 3.36. The number of guanidine groups is 1. The first-order chi connectivity index (χ1) is 8.65. The molecule has 2 aliphatic rings. The minimum atomic E-state index is -0.494. The van der Waals surface area contributed by atoms with Crippen LogP contribution in [0.4, 0.5) is 8.78 Å². The summed E-state index contributed by atoms with van der Waals surface area (Å²) >= 11 is 0. The van der Waals surface area contributed by atoms with E-state index in [9.17, 15) is 8.78 Å². The van der Waals surface area contributed by atoms with Gasteiger partial charge in [0, 0.05) is 17.5 Å². The number of halogens is 3. The Balaban J connectivity index is 0.00000133. The monoisotopic (exact) mass is 379 g/mol. The lowest BCUT2D eigenvalue weighted by atomic mass is 10.1. The van der Waals surface area contributed by atoms with E-state index in [4.69, 9.17) is 5.73 Å². The lowest BCUT2D eigenvalue weighted by Crippen LogP contribution is -2.33. The summed E-state index contributed by atoms with van der Waals surface area (Å²) in [5.74, 6) is -0.773. The largest absolute Gasteiger partial charge is 0.370 e. The van der Waals surface area contributed by atoms with E-state index in [1.165, 1.54) is 18.2 Å². The van der Waals surface area contributed by atoms with Gasteiger partial charge in [-0.05, 0) is 31.4 Å². The smallest absolute Gasteiger partial charge is 0.189 e. The summed E-state index contributed by atoms with van der Waals surface area (Å²) in [4.78, 5) is 4.26. The highest BCUT2D eigenvalue weighted by Gasteiger charge is 2.42. The first kappa shape index (κ1) is 14.5. The van der Waals surface area contributed by atoms with E-state index in [1.54, 1.807) is 0 Å². The maximum atomic E-state index is 13.5. The zero-order chi connectivity index (χ0) is 12.7. The molecule has 3 rings (SSSR count). The molecular formula is C13H16F2IN3. The summed E-state index contributed by atoms with van der Waals surface area (Å²) in [5.41, 5.74) is 5.87. The van der Waals surface area contributed by atoms with Crippen molar-refractivity contribution in [3.63, 3.8) is 0 Å². The van der Waals surface area contributed by atoms with E-state index in [0.29, 0.717) is 18.4 Å². The number of aliphatic imine (C=N–C) groups is 1. The molecule has 0 bridgehead atoms. The molecule has 1 aromatic carbocycles. The fraction of sp³-hybridized carbons (Fsp3) is 0.462. The molecule has 104 valence electrons. The Morgan fingerprint density at radius 2 is 1.89 bits per heavy atom. The fourth-order valence-corrected chi connectivity index (χ4v) is 2.15. The molecule has 0 aliphatic heterocycles. The van der Waals surface area contributed by atoms with E-state index in [-0.39, 0.29) is 41.5 Å². The van der Waals surface area contributed by atoms with E-state index < -0.39 is 11.6 Å². The molecule has 0 radical (unpaired) electrons. The molecule has 1 aromatic rings. The Bertz CT molecular complexity index is 482. The second-order valence-corrected chi connectivity index (χ2v) is 4.98. The molecule has 2 fully saturated rings. The molecule has 19 heavy (non-hydrogen) atoms. The molecule has 0 spiro atoms. The minimum absolute atomic E-state index is 0. The summed E-state index contributed by atoms with van der Waals surface area (Å²) in [6.45, 7) is 0. The lowest BCUT2D eigenvalue weighted by Gasteiger charge is -2.04. The molecule has 2 saturated carbocycles. The van der Waals surface area contributed by atoms with E-state index in [0.717, 1.165) is 12.8 Å². The predicted molar refractivity (Wildman–Crippen MR) is 80.7 cm³/mol. The molecule has 0 saturated heterocycles. The van der Waals surface area contributed by atoms with Crippen molar-refractivity contribution < 1.29 is 8.78 Å². The number of nitrogens with one attached hydrogen (secondary N) is 1. The van der Waals surface area contributed by atoms with Gasteiger partial charge in [0.15, 0.2) is 5.96 Å². The number of hydrogen-bond donors (Lipinski definition) is 2. The van der Waals surface area contributed by atoms with Crippen LogP contribution in [0.3, 0.4) is 0 Å². The second kappa shape index (κ2) is 5.60. The SMILES string of the molecule is I.NC(=NC1CC1c1c(F)cccc1F)NC1CC1. The van der Waals surface area contributed by atoms with Crippen LogP contribution < -0.4 is 11.1 Å². The van der Waals surface area contributed by atoms with Crippen LogP contribution in [0.5, 0.6) is 0 Å². The molecule has 2 unspecified atom stereocenters. The van der Waals surface area contributed by atoms with Crippen molar-refractivity contribution in [3.05, 3.63) is 35.4 Å². The fourth-order valence-electron chi connectivity index (χ4n) is 2.15. The van der Waals surface area contributed by atoms with Crippen LogP contribution in [0, 0.1) is 11.6 Å². The molecule has 3 N–H and O–H groups in total. The number of hydrogen-bond acceptors (Lipinski definition) is 1. The van der Waals surface area contributed by atoms with Gasteiger partial charge in [-0.1, -0.05) is 6.07 Å². The molecule has 2 aliphatic carbocycles. The first-order valence-electron chi connectivity index (χ1n) is 6.19. The zero-order valence-corrected chi connectivity index (χ0v) is 12.6. The zero-order valence-electron chi connectivity index (χ0n) is 10.3. The van der Waals surface area contributed by atoms with Crippen LogP contribution in [-0.4, -0.2) is 18.0 Å². The van der Waals surface area contributed by atoms with Gasteiger partial charge in [-0.3, -0.25) is 0 Å². The molecular weight excluding hydrogens is 363 g/mol. The lowest BCUT2D eigenvalue weighted by molar-refractivity contribution is 0.555. The predicted octanol–water partition coefficient (Wildman–Crippen LogP) is 2.51. The van der Waals surface area contributed by atoms with Gasteiger partial charge in [-0.15, -0.1) is 24.0 Å². The van der Waals surface area contributed by atoms with Gasteiger partial charge in [0.1, 0.15) is 11.6 Å². The Morgan fingerprint density at radius 3 is 2.47 bits per heavy atom. The van der Waals surface area contributed by atoms with Crippen molar-refractivity contribution in [3.8, 4) is 0 Å². The number of rotatable bonds is 3. The summed E-state index contributed by atoms with van der Waals surface area (Å²) in [5, 5.41) is 3.07. The van der Waals surface area contributed by atoms with E-state index in [1.807, 2.05) is 0 Å². The standard InChI is InChI=1S/C13H15F2N3.HI/c14-9-2-1-3-10(15)12(9)8-6-11(8)18-13(16)17-7-4-5-7;/h1-3,7-8,11H,4-6H2,(H3,16,17,18);1H. The highest BCUT2D eigenvalue weighted by Crippen LogP contribution is 2.45. The van der Waals surface area contributed by atoms with Crippen molar-refractivity contribution in [1.82, 2.24) is 5.32 Å². The number of nitrogens with zero attached hydrogens (tertiary/aromatic N) is 1. The van der Waals surface area contributed by atoms with Crippen molar-refractivity contribution in [2.75, 3.05) is 0 Å². The normalized spacial score (nSPS) is 25.7. The Labute approximate surface area is 127 Å².